The fourth-order valence-electron chi connectivity index (χ4n) is 0.253. The van der Waals surface area contributed by atoms with E-state index in [-0.39, 0.29) is 18.4 Å². The fraction of sp³-hybridized carbons (Fsp3) is 0. The van der Waals surface area contributed by atoms with E-state index in [1.54, 1.807) is 18.5 Å². The predicted molar refractivity (Wildman–Crippen MR) is 23.1 cm³/mol. The van der Waals surface area contributed by atoms with Crippen molar-refractivity contribution in [2.24, 2.45) is 0 Å². The Morgan fingerprint density at radius 2 is 1.71 bits per heavy atom. The zero-order valence-electron chi connectivity index (χ0n) is 4.58. The number of hydrogen-bond acceptors (Lipinski definition) is 2. The molecule has 3 heteroatoms. The van der Waals surface area contributed by atoms with E-state index in [0.717, 1.165) is 0 Å². The van der Waals surface area contributed by atoms with Gasteiger partial charge in [-0.15, -0.1) is 0 Å². The second-order valence-corrected chi connectivity index (χ2v) is 0.904. The standard InChI is InChI=1S/C4H4N2.BrH/c1-2-5-4-6-3-1;/h1-4H;1H. The number of aromatic nitrogens is 2. The van der Waals surface area contributed by atoms with Crippen LogP contribution in [0.1, 0.15) is 1.43 Å². The van der Waals surface area contributed by atoms with Gasteiger partial charge in [-0.05, 0) is 6.07 Å². The van der Waals surface area contributed by atoms with Crippen LogP contribution in [-0.2, 0) is 0 Å². The molecule has 0 fully saturated rings. The Kier molecular flexibility index (Phi) is 3.50. The van der Waals surface area contributed by atoms with Crippen LogP contribution in [0.25, 0.3) is 0 Å². The largest absolute Gasteiger partial charge is 1.00 e. The van der Waals surface area contributed by atoms with Crippen molar-refractivity contribution in [3.8, 4) is 0 Å². The summed E-state index contributed by atoms with van der Waals surface area (Å²) in [6.45, 7) is 0. The fourth-order valence-corrected chi connectivity index (χ4v) is 0.253. The van der Waals surface area contributed by atoms with E-state index < -0.39 is 0 Å². The molecular weight excluding hydrogens is 156 g/mol. The third-order valence-corrected chi connectivity index (χ3v) is 0.478. The molecule has 2 nitrogen and oxygen atoms in total. The Morgan fingerprint density at radius 3 is 1.86 bits per heavy atom. The van der Waals surface area contributed by atoms with Gasteiger partial charge in [0, 0.05) is 12.4 Å². The average molecular weight is 161 g/mol. The molecule has 1 aromatic rings. The van der Waals surface area contributed by atoms with Crippen LogP contribution in [0.15, 0.2) is 24.8 Å². The number of halogens is 1. The van der Waals surface area contributed by atoms with Gasteiger partial charge < -0.3 is 17.0 Å². The van der Waals surface area contributed by atoms with Crippen molar-refractivity contribution < 1.29 is 18.4 Å². The normalized spacial score (nSPS) is 6.86. The van der Waals surface area contributed by atoms with Gasteiger partial charge in [0.15, 0.2) is 0 Å². The lowest BCUT2D eigenvalue weighted by Crippen LogP contribution is -3.00. The van der Waals surface area contributed by atoms with Gasteiger partial charge in [-0.2, -0.15) is 0 Å². The van der Waals surface area contributed by atoms with E-state index in [1.165, 1.54) is 6.33 Å². The smallest absolute Gasteiger partial charge is 1.00 e. The highest BCUT2D eigenvalue weighted by Gasteiger charge is 1.59. The molecule has 7 heavy (non-hydrogen) atoms. The summed E-state index contributed by atoms with van der Waals surface area (Å²) < 4.78 is 0. The topological polar surface area (TPSA) is 25.8 Å². The van der Waals surface area contributed by atoms with Crippen molar-refractivity contribution >= 4 is 0 Å². The van der Waals surface area contributed by atoms with Crippen LogP contribution < -0.4 is 17.0 Å². The summed E-state index contributed by atoms with van der Waals surface area (Å²) in [5.74, 6) is 0. The SMILES string of the molecule is [Br-].[H+].c1cncnc1. The first-order valence-electron chi connectivity index (χ1n) is 1.70. The van der Waals surface area contributed by atoms with E-state index in [1.807, 2.05) is 0 Å². The van der Waals surface area contributed by atoms with Crippen molar-refractivity contribution in [1.82, 2.24) is 9.97 Å². The molecule has 0 aliphatic carbocycles. The number of nitrogens with zero attached hydrogens (tertiary/aromatic N) is 2. The molecule has 0 aromatic carbocycles. The van der Waals surface area contributed by atoms with Crippen LogP contribution in [0.3, 0.4) is 0 Å². The Bertz CT molecular complexity index is 86.0. The Labute approximate surface area is 53.9 Å². The van der Waals surface area contributed by atoms with Gasteiger partial charge in [0.05, 0.1) is 0 Å². The van der Waals surface area contributed by atoms with Crippen molar-refractivity contribution in [2.45, 2.75) is 0 Å². The molecular formula is C4H5BrN2. The van der Waals surface area contributed by atoms with Crippen LogP contribution in [0, 0.1) is 0 Å². The maximum Gasteiger partial charge on any atom is 1.00 e. The molecule has 0 bridgehead atoms. The predicted octanol–water partition coefficient (Wildman–Crippen LogP) is -2.41. The summed E-state index contributed by atoms with van der Waals surface area (Å²) in [4.78, 5) is 7.35. The number of rotatable bonds is 0. The lowest BCUT2D eigenvalue weighted by Gasteiger charge is -1.70. The monoisotopic (exact) mass is 160 g/mol. The average Bonchev–Trinajstić information content (AvgIpc) is 1.72. The highest BCUT2D eigenvalue weighted by molar-refractivity contribution is 4.74. The Hall–Kier alpha value is -0.440. The second kappa shape index (κ2) is 3.74. The Balaban J connectivity index is 0. The zero-order valence-corrected chi connectivity index (χ0v) is 5.17. The van der Waals surface area contributed by atoms with Gasteiger partial charge in [0.25, 0.3) is 0 Å². The van der Waals surface area contributed by atoms with Gasteiger partial charge in [-0.25, -0.2) is 9.97 Å². The quantitative estimate of drug-likeness (QED) is 0.423. The van der Waals surface area contributed by atoms with Gasteiger partial charge in [0.2, 0.25) is 0 Å². The molecule has 0 radical (unpaired) electrons. The van der Waals surface area contributed by atoms with E-state index in [2.05, 4.69) is 9.97 Å². The third-order valence-electron chi connectivity index (χ3n) is 0.478. The van der Waals surface area contributed by atoms with Crippen molar-refractivity contribution in [1.29, 1.82) is 0 Å². The molecule has 0 unspecified atom stereocenters. The molecule has 1 rings (SSSR count). The Morgan fingerprint density at radius 1 is 1.14 bits per heavy atom. The molecule has 0 aliphatic rings. The van der Waals surface area contributed by atoms with Crippen LogP contribution in [0.4, 0.5) is 0 Å². The minimum Gasteiger partial charge on any atom is -1.00 e. The first kappa shape index (κ1) is 6.56. The first-order valence-corrected chi connectivity index (χ1v) is 1.70. The summed E-state index contributed by atoms with van der Waals surface area (Å²) in [6.07, 6.45) is 4.88. The summed E-state index contributed by atoms with van der Waals surface area (Å²) in [5, 5.41) is 0. The lowest BCUT2D eigenvalue weighted by atomic mass is 10.7. The molecule has 0 atom stereocenters. The number of hydrogen-bond donors (Lipinski definition) is 0. The van der Waals surface area contributed by atoms with Crippen LogP contribution in [0.2, 0.25) is 0 Å². The molecule has 0 saturated heterocycles. The molecule has 0 N–H and O–H groups in total. The lowest BCUT2D eigenvalue weighted by molar-refractivity contribution is -0.00000136. The van der Waals surface area contributed by atoms with Gasteiger partial charge >= 0.3 is 1.43 Å². The van der Waals surface area contributed by atoms with Crippen molar-refractivity contribution in [3.05, 3.63) is 24.8 Å². The van der Waals surface area contributed by atoms with Gasteiger partial charge in [-0.3, -0.25) is 0 Å². The molecule has 1 aromatic heterocycles. The van der Waals surface area contributed by atoms with Gasteiger partial charge in [0.1, 0.15) is 6.33 Å². The molecule has 0 amide bonds. The van der Waals surface area contributed by atoms with E-state index >= 15 is 0 Å². The summed E-state index contributed by atoms with van der Waals surface area (Å²) in [5.41, 5.74) is 0. The van der Waals surface area contributed by atoms with Crippen molar-refractivity contribution in [3.63, 3.8) is 0 Å². The minimum atomic E-state index is 0. The third kappa shape index (κ3) is 2.28. The zero-order chi connectivity index (χ0) is 4.24. The minimum absolute atomic E-state index is 0. The molecule has 0 spiro atoms. The second-order valence-electron chi connectivity index (χ2n) is 0.904. The maximum absolute atomic E-state index is 3.67. The van der Waals surface area contributed by atoms with Crippen molar-refractivity contribution in [2.75, 3.05) is 0 Å². The molecule has 0 aliphatic heterocycles. The van der Waals surface area contributed by atoms with Crippen LogP contribution >= 0.6 is 0 Å². The maximum atomic E-state index is 3.67. The summed E-state index contributed by atoms with van der Waals surface area (Å²) >= 11 is 0. The van der Waals surface area contributed by atoms with Gasteiger partial charge in [-0.1, -0.05) is 0 Å². The van der Waals surface area contributed by atoms with E-state index in [9.17, 15) is 0 Å². The summed E-state index contributed by atoms with van der Waals surface area (Å²) in [6, 6.07) is 1.78. The van der Waals surface area contributed by atoms with Crippen LogP contribution in [-0.4, -0.2) is 9.97 Å². The van der Waals surface area contributed by atoms with Crippen LogP contribution in [0.5, 0.6) is 0 Å². The molecule has 0 saturated carbocycles. The summed E-state index contributed by atoms with van der Waals surface area (Å²) in [7, 11) is 0. The highest BCUT2D eigenvalue weighted by atomic mass is 79.9. The van der Waals surface area contributed by atoms with E-state index in [4.69, 9.17) is 0 Å². The molecule has 1 heterocycles. The molecule has 38 valence electrons. The first-order chi connectivity index (χ1) is 3.00. The highest BCUT2D eigenvalue weighted by Crippen LogP contribution is 1.66. The van der Waals surface area contributed by atoms with E-state index in [0.29, 0.717) is 0 Å².